The van der Waals surface area contributed by atoms with Gasteiger partial charge in [0.25, 0.3) is 0 Å². The summed E-state index contributed by atoms with van der Waals surface area (Å²) in [5, 5.41) is 0. The molecule has 3 atom stereocenters. The average Bonchev–Trinajstić information content (AvgIpc) is 2.35. The van der Waals surface area contributed by atoms with E-state index in [1.807, 2.05) is 20.9 Å². The molecule has 0 rings (SSSR count). The number of ether oxygens (including phenoxy) is 1. The third-order valence-electron chi connectivity index (χ3n) is 3.82. The lowest BCUT2D eigenvalue weighted by Gasteiger charge is -2.37. The molecule has 0 aromatic rings. The second kappa shape index (κ2) is 9.11. The van der Waals surface area contributed by atoms with Crippen LogP contribution in [0.2, 0.25) is 0 Å². The number of carbonyl (C=O) groups is 2. The maximum absolute atomic E-state index is 12.3. The van der Waals surface area contributed by atoms with Gasteiger partial charge in [-0.1, -0.05) is 34.1 Å². The van der Waals surface area contributed by atoms with E-state index in [-0.39, 0.29) is 23.8 Å². The van der Waals surface area contributed by atoms with E-state index in [9.17, 15) is 9.59 Å². The van der Waals surface area contributed by atoms with E-state index in [2.05, 4.69) is 13.8 Å². The van der Waals surface area contributed by atoms with Crippen LogP contribution >= 0.6 is 0 Å². The summed E-state index contributed by atoms with van der Waals surface area (Å²) >= 11 is 0. The molecule has 0 aliphatic carbocycles. The SMILES string of the molecule is CCC(C)C(C(CC(C)=O)OC)N(C)C(=O)CC(C)C. The molecule has 0 aliphatic heterocycles. The summed E-state index contributed by atoms with van der Waals surface area (Å²) in [6.07, 6.45) is 1.59. The summed E-state index contributed by atoms with van der Waals surface area (Å²) in [4.78, 5) is 25.5. The van der Waals surface area contributed by atoms with Crippen LogP contribution in [0.15, 0.2) is 0 Å². The lowest BCUT2D eigenvalue weighted by molar-refractivity contribution is -0.139. The number of nitrogens with zero attached hydrogens (tertiary/aromatic N) is 1. The van der Waals surface area contributed by atoms with Gasteiger partial charge in [-0.05, 0) is 18.8 Å². The number of hydrogen-bond donors (Lipinski definition) is 0. The number of Topliss-reactive ketones (excluding diaryl/α,β-unsaturated/α-hetero) is 1. The van der Waals surface area contributed by atoms with Crippen LogP contribution in [0, 0.1) is 11.8 Å². The molecule has 0 aromatic heterocycles. The molecule has 118 valence electrons. The Kier molecular flexibility index (Phi) is 8.70. The first kappa shape index (κ1) is 19.1. The van der Waals surface area contributed by atoms with Gasteiger partial charge in [0.05, 0.1) is 12.1 Å². The highest BCUT2D eigenvalue weighted by atomic mass is 16.5. The Bertz CT molecular complexity index is 315. The number of rotatable bonds is 9. The van der Waals surface area contributed by atoms with Gasteiger partial charge in [0, 0.05) is 27.0 Å². The lowest BCUT2D eigenvalue weighted by Crippen LogP contribution is -2.50. The van der Waals surface area contributed by atoms with E-state index >= 15 is 0 Å². The second-order valence-corrected chi connectivity index (χ2v) is 6.16. The number of methoxy groups -OCH3 is 1. The van der Waals surface area contributed by atoms with Gasteiger partial charge in [0.2, 0.25) is 5.91 Å². The number of likely N-dealkylation sites (N-methyl/N-ethyl adjacent to an activating group) is 1. The molecule has 20 heavy (non-hydrogen) atoms. The van der Waals surface area contributed by atoms with E-state index in [0.717, 1.165) is 6.42 Å². The lowest BCUT2D eigenvalue weighted by atomic mass is 9.90. The molecule has 0 fully saturated rings. The standard InChI is InChI=1S/C16H31NO3/c1-8-12(4)16(14(20-7)10-13(5)18)17(6)15(19)9-11(2)3/h11-12,14,16H,8-10H2,1-7H3. The number of ketones is 1. The van der Waals surface area contributed by atoms with E-state index < -0.39 is 0 Å². The van der Waals surface area contributed by atoms with E-state index in [1.165, 1.54) is 0 Å². The van der Waals surface area contributed by atoms with Crippen molar-refractivity contribution in [1.29, 1.82) is 0 Å². The van der Waals surface area contributed by atoms with Crippen molar-refractivity contribution < 1.29 is 14.3 Å². The Labute approximate surface area is 123 Å². The van der Waals surface area contributed by atoms with Crippen molar-refractivity contribution in [3.63, 3.8) is 0 Å². The largest absolute Gasteiger partial charge is 0.379 e. The fourth-order valence-electron chi connectivity index (χ4n) is 2.53. The van der Waals surface area contributed by atoms with Crippen LogP contribution in [0.5, 0.6) is 0 Å². The molecule has 0 N–H and O–H groups in total. The highest BCUT2D eigenvalue weighted by Gasteiger charge is 2.33. The number of amides is 1. The van der Waals surface area contributed by atoms with Crippen LogP contribution in [-0.2, 0) is 14.3 Å². The van der Waals surface area contributed by atoms with Gasteiger partial charge in [-0.3, -0.25) is 9.59 Å². The summed E-state index contributed by atoms with van der Waals surface area (Å²) in [6, 6.07) is -0.0554. The van der Waals surface area contributed by atoms with Crippen molar-refractivity contribution in [3.8, 4) is 0 Å². The van der Waals surface area contributed by atoms with Gasteiger partial charge >= 0.3 is 0 Å². The van der Waals surface area contributed by atoms with Crippen molar-refractivity contribution in [2.75, 3.05) is 14.2 Å². The number of hydrogen-bond acceptors (Lipinski definition) is 3. The van der Waals surface area contributed by atoms with Gasteiger partial charge in [0.1, 0.15) is 5.78 Å². The zero-order valence-corrected chi connectivity index (χ0v) is 14.1. The van der Waals surface area contributed by atoms with Crippen LogP contribution in [0.25, 0.3) is 0 Å². The van der Waals surface area contributed by atoms with Gasteiger partial charge in [-0.2, -0.15) is 0 Å². The van der Waals surface area contributed by atoms with Crippen molar-refractivity contribution in [2.24, 2.45) is 11.8 Å². The van der Waals surface area contributed by atoms with Crippen molar-refractivity contribution in [2.45, 2.75) is 66.0 Å². The number of carbonyl (C=O) groups excluding carboxylic acids is 2. The van der Waals surface area contributed by atoms with Gasteiger partial charge in [-0.25, -0.2) is 0 Å². The molecular formula is C16H31NO3. The molecular weight excluding hydrogens is 254 g/mol. The van der Waals surface area contributed by atoms with Gasteiger partial charge in [0.15, 0.2) is 0 Å². The Morgan fingerprint density at radius 1 is 1.15 bits per heavy atom. The van der Waals surface area contributed by atoms with Crippen molar-refractivity contribution >= 4 is 11.7 Å². The average molecular weight is 285 g/mol. The van der Waals surface area contributed by atoms with E-state index in [0.29, 0.717) is 24.7 Å². The van der Waals surface area contributed by atoms with Crippen molar-refractivity contribution in [3.05, 3.63) is 0 Å². The summed E-state index contributed by atoms with van der Waals surface area (Å²) in [5.74, 6) is 0.836. The maximum atomic E-state index is 12.3. The monoisotopic (exact) mass is 285 g/mol. The first-order valence-corrected chi connectivity index (χ1v) is 7.52. The quantitative estimate of drug-likeness (QED) is 0.654. The third kappa shape index (κ3) is 6.04. The van der Waals surface area contributed by atoms with E-state index in [1.54, 1.807) is 18.9 Å². The normalized spacial score (nSPS) is 15.8. The van der Waals surface area contributed by atoms with Crippen LogP contribution in [0.3, 0.4) is 0 Å². The molecule has 4 heteroatoms. The molecule has 3 unspecified atom stereocenters. The van der Waals surface area contributed by atoms with Crippen LogP contribution in [-0.4, -0.2) is 42.9 Å². The van der Waals surface area contributed by atoms with E-state index in [4.69, 9.17) is 4.74 Å². The minimum Gasteiger partial charge on any atom is -0.379 e. The molecule has 0 heterocycles. The smallest absolute Gasteiger partial charge is 0.222 e. The molecule has 1 amide bonds. The van der Waals surface area contributed by atoms with Crippen LogP contribution in [0.4, 0.5) is 0 Å². The van der Waals surface area contributed by atoms with Gasteiger partial charge in [-0.15, -0.1) is 0 Å². The van der Waals surface area contributed by atoms with Crippen LogP contribution < -0.4 is 0 Å². The summed E-state index contributed by atoms with van der Waals surface area (Å²) in [6.45, 7) is 9.84. The molecule has 0 aromatic carbocycles. The predicted molar refractivity (Wildman–Crippen MR) is 81.6 cm³/mol. The minimum atomic E-state index is -0.233. The molecule has 0 saturated carbocycles. The predicted octanol–water partition coefficient (Wildman–Crippen LogP) is 2.90. The first-order chi connectivity index (χ1) is 9.24. The zero-order valence-electron chi connectivity index (χ0n) is 14.1. The van der Waals surface area contributed by atoms with Crippen LogP contribution in [0.1, 0.15) is 53.9 Å². The Morgan fingerprint density at radius 3 is 2.05 bits per heavy atom. The molecule has 4 nitrogen and oxygen atoms in total. The Balaban J connectivity index is 5.11. The maximum Gasteiger partial charge on any atom is 0.222 e. The minimum absolute atomic E-state index is 0.0554. The van der Waals surface area contributed by atoms with Crippen molar-refractivity contribution in [1.82, 2.24) is 4.90 Å². The molecule has 0 bridgehead atoms. The summed E-state index contributed by atoms with van der Waals surface area (Å²) < 4.78 is 5.51. The fraction of sp³-hybridized carbons (Fsp3) is 0.875. The molecule has 0 radical (unpaired) electrons. The highest BCUT2D eigenvalue weighted by Crippen LogP contribution is 2.22. The summed E-state index contributed by atoms with van der Waals surface area (Å²) in [7, 11) is 3.44. The highest BCUT2D eigenvalue weighted by molar-refractivity contribution is 5.78. The third-order valence-corrected chi connectivity index (χ3v) is 3.82. The van der Waals surface area contributed by atoms with Gasteiger partial charge < -0.3 is 9.64 Å². The topological polar surface area (TPSA) is 46.6 Å². The molecule has 0 spiro atoms. The molecule has 0 saturated heterocycles. The fourth-order valence-corrected chi connectivity index (χ4v) is 2.53. The molecule has 0 aliphatic rings. The Morgan fingerprint density at radius 2 is 1.70 bits per heavy atom. The second-order valence-electron chi connectivity index (χ2n) is 6.16. The Hall–Kier alpha value is -0.900. The summed E-state index contributed by atoms with van der Waals surface area (Å²) in [5.41, 5.74) is 0. The zero-order chi connectivity index (χ0) is 15.9. The first-order valence-electron chi connectivity index (χ1n) is 7.52.